The predicted octanol–water partition coefficient (Wildman–Crippen LogP) is 5.73. The summed E-state index contributed by atoms with van der Waals surface area (Å²) in [6.45, 7) is 4.22. The van der Waals surface area contributed by atoms with Gasteiger partial charge in [0, 0.05) is 5.39 Å². The van der Waals surface area contributed by atoms with Gasteiger partial charge in [-0.15, -0.1) is 0 Å². The molecule has 2 aromatic carbocycles. The van der Waals surface area contributed by atoms with E-state index in [4.69, 9.17) is 4.42 Å². The molecule has 0 saturated carbocycles. The first-order chi connectivity index (χ1) is 9.61. The third-order valence-corrected chi connectivity index (χ3v) is 4.27. The summed E-state index contributed by atoms with van der Waals surface area (Å²) in [7, 11) is 0. The average Bonchev–Trinajstić information content (AvgIpc) is 2.81. The van der Waals surface area contributed by atoms with E-state index in [1.165, 1.54) is 22.1 Å². The molecule has 0 aliphatic heterocycles. The van der Waals surface area contributed by atoms with Gasteiger partial charge in [-0.25, -0.2) is 0 Å². The molecule has 0 saturated heterocycles. The number of furan rings is 1. The van der Waals surface area contributed by atoms with Gasteiger partial charge in [0.1, 0.15) is 11.3 Å². The Hall–Kier alpha value is -1.54. The molecular weight excluding hydrogens is 312 g/mol. The Morgan fingerprint density at radius 1 is 1.00 bits per heavy atom. The highest BCUT2D eigenvalue weighted by Crippen LogP contribution is 2.32. The first kappa shape index (κ1) is 13.4. The summed E-state index contributed by atoms with van der Waals surface area (Å²) >= 11 is 3.75. The monoisotopic (exact) mass is 328 g/mol. The van der Waals surface area contributed by atoms with Crippen LogP contribution in [0.1, 0.15) is 27.3 Å². The lowest BCUT2D eigenvalue weighted by atomic mass is 10.1. The Morgan fingerprint density at radius 3 is 2.60 bits per heavy atom. The Kier molecular flexibility index (Phi) is 3.66. The van der Waals surface area contributed by atoms with Crippen LogP contribution in [0.2, 0.25) is 0 Å². The van der Waals surface area contributed by atoms with Gasteiger partial charge in [-0.3, -0.25) is 0 Å². The number of benzene rings is 2. The molecule has 0 bridgehead atoms. The lowest BCUT2D eigenvalue weighted by molar-refractivity contribution is 0.545. The molecule has 0 aliphatic carbocycles. The Morgan fingerprint density at radius 2 is 1.80 bits per heavy atom. The van der Waals surface area contributed by atoms with E-state index in [0.717, 1.165) is 17.8 Å². The maximum atomic E-state index is 5.94. The molecule has 0 radical (unpaired) electrons. The lowest BCUT2D eigenvalue weighted by Gasteiger charge is -2.07. The first-order valence-corrected chi connectivity index (χ1v) is 7.73. The predicted molar refractivity (Wildman–Crippen MR) is 87.5 cm³/mol. The van der Waals surface area contributed by atoms with Crippen molar-refractivity contribution in [2.75, 3.05) is 0 Å². The van der Waals surface area contributed by atoms with Crippen molar-refractivity contribution in [1.82, 2.24) is 0 Å². The van der Waals surface area contributed by atoms with E-state index >= 15 is 0 Å². The van der Waals surface area contributed by atoms with E-state index in [1.807, 2.05) is 6.07 Å². The molecule has 3 aromatic rings. The summed E-state index contributed by atoms with van der Waals surface area (Å²) in [4.78, 5) is 0.206. The van der Waals surface area contributed by atoms with Gasteiger partial charge in [0.15, 0.2) is 0 Å². The molecule has 1 aromatic heterocycles. The highest BCUT2D eigenvalue weighted by Gasteiger charge is 2.14. The van der Waals surface area contributed by atoms with Crippen LogP contribution < -0.4 is 0 Å². The Bertz CT molecular complexity index is 742. The molecule has 1 nitrogen and oxygen atoms in total. The summed E-state index contributed by atoms with van der Waals surface area (Å²) in [5.41, 5.74) is 4.83. The quantitative estimate of drug-likeness (QED) is 0.559. The van der Waals surface area contributed by atoms with Crippen LogP contribution in [0.3, 0.4) is 0 Å². The van der Waals surface area contributed by atoms with E-state index in [0.29, 0.717) is 0 Å². The molecule has 102 valence electrons. The van der Waals surface area contributed by atoms with E-state index < -0.39 is 0 Å². The molecule has 1 unspecified atom stereocenters. The summed E-state index contributed by atoms with van der Waals surface area (Å²) in [5.74, 6) is 0.993. The van der Waals surface area contributed by atoms with Gasteiger partial charge in [0.25, 0.3) is 0 Å². The molecule has 0 amide bonds. The van der Waals surface area contributed by atoms with E-state index in [1.54, 1.807) is 0 Å². The average molecular weight is 329 g/mol. The molecule has 2 heteroatoms. The van der Waals surface area contributed by atoms with Gasteiger partial charge in [-0.2, -0.15) is 0 Å². The van der Waals surface area contributed by atoms with Crippen LogP contribution in [0.25, 0.3) is 11.0 Å². The van der Waals surface area contributed by atoms with Crippen molar-refractivity contribution in [2.45, 2.75) is 25.1 Å². The van der Waals surface area contributed by atoms with E-state index in [9.17, 15) is 0 Å². The van der Waals surface area contributed by atoms with E-state index in [2.05, 4.69) is 72.2 Å². The lowest BCUT2D eigenvalue weighted by Crippen LogP contribution is -1.94. The molecule has 0 N–H and O–H groups in total. The number of hydrogen-bond donors (Lipinski definition) is 0. The second kappa shape index (κ2) is 5.45. The topological polar surface area (TPSA) is 13.1 Å². The second-order valence-corrected chi connectivity index (χ2v) is 6.46. The zero-order valence-electron chi connectivity index (χ0n) is 11.7. The molecule has 3 rings (SSSR count). The molecule has 0 fully saturated rings. The van der Waals surface area contributed by atoms with Crippen molar-refractivity contribution >= 4 is 26.9 Å². The molecule has 1 atom stereocenters. The van der Waals surface area contributed by atoms with Crippen molar-refractivity contribution in [3.05, 3.63) is 71.0 Å². The smallest absolute Gasteiger partial charge is 0.134 e. The van der Waals surface area contributed by atoms with E-state index in [-0.39, 0.29) is 4.83 Å². The third-order valence-electron chi connectivity index (χ3n) is 3.50. The minimum absolute atomic E-state index is 0.206. The number of aryl methyl sites for hydroxylation is 2. The molecule has 0 aliphatic rings. The normalized spacial score (nSPS) is 12.8. The number of hydrogen-bond acceptors (Lipinski definition) is 1. The largest absolute Gasteiger partial charge is 0.460 e. The Labute approximate surface area is 127 Å². The Balaban J connectivity index is 1.86. The van der Waals surface area contributed by atoms with Crippen LogP contribution in [0.5, 0.6) is 0 Å². The van der Waals surface area contributed by atoms with Gasteiger partial charge in [-0.05, 0) is 44.0 Å². The van der Waals surface area contributed by atoms with Crippen LogP contribution in [0.15, 0.2) is 52.9 Å². The van der Waals surface area contributed by atoms with Crippen molar-refractivity contribution in [3.8, 4) is 0 Å². The zero-order valence-corrected chi connectivity index (χ0v) is 13.3. The van der Waals surface area contributed by atoms with Crippen LogP contribution in [-0.4, -0.2) is 0 Å². The van der Waals surface area contributed by atoms with Crippen molar-refractivity contribution in [2.24, 2.45) is 0 Å². The maximum absolute atomic E-state index is 5.94. The summed E-state index contributed by atoms with van der Waals surface area (Å²) < 4.78 is 5.94. The highest BCUT2D eigenvalue weighted by molar-refractivity contribution is 9.09. The van der Waals surface area contributed by atoms with Crippen LogP contribution >= 0.6 is 15.9 Å². The fourth-order valence-corrected chi connectivity index (χ4v) is 3.08. The maximum Gasteiger partial charge on any atom is 0.134 e. The molecule has 20 heavy (non-hydrogen) atoms. The fourth-order valence-electron chi connectivity index (χ4n) is 2.48. The number of fused-ring (bicyclic) bond motifs is 1. The van der Waals surface area contributed by atoms with Gasteiger partial charge in [-0.1, -0.05) is 57.4 Å². The van der Waals surface area contributed by atoms with Crippen LogP contribution in [-0.2, 0) is 6.42 Å². The minimum Gasteiger partial charge on any atom is -0.460 e. The number of alkyl halides is 1. The van der Waals surface area contributed by atoms with Crippen LogP contribution in [0.4, 0.5) is 0 Å². The second-order valence-electron chi connectivity index (χ2n) is 5.35. The van der Waals surface area contributed by atoms with Crippen LogP contribution in [0, 0.1) is 13.8 Å². The first-order valence-electron chi connectivity index (χ1n) is 6.81. The highest BCUT2D eigenvalue weighted by atomic mass is 79.9. The fraction of sp³-hybridized carbons (Fsp3) is 0.222. The van der Waals surface area contributed by atoms with Gasteiger partial charge < -0.3 is 4.42 Å². The zero-order chi connectivity index (χ0) is 14.1. The summed E-state index contributed by atoms with van der Waals surface area (Å²) in [6, 6.07) is 17.0. The minimum atomic E-state index is 0.206. The summed E-state index contributed by atoms with van der Waals surface area (Å²) in [5, 5.41) is 1.17. The number of rotatable bonds is 3. The standard InChI is InChI=1S/C18H17BrO/c1-12-4-3-5-14(8-12)10-16(19)18-11-15-9-13(2)6-7-17(15)20-18/h3-9,11,16H,10H2,1-2H3. The van der Waals surface area contributed by atoms with Gasteiger partial charge in [0.05, 0.1) is 4.83 Å². The van der Waals surface area contributed by atoms with Crippen molar-refractivity contribution < 1.29 is 4.42 Å². The SMILES string of the molecule is Cc1cccc(CC(Br)c2cc3cc(C)ccc3o2)c1. The molecule has 0 spiro atoms. The van der Waals surface area contributed by atoms with Gasteiger partial charge >= 0.3 is 0 Å². The van der Waals surface area contributed by atoms with Crippen molar-refractivity contribution in [3.63, 3.8) is 0 Å². The number of halogens is 1. The van der Waals surface area contributed by atoms with Crippen molar-refractivity contribution in [1.29, 1.82) is 0 Å². The third kappa shape index (κ3) is 2.80. The summed E-state index contributed by atoms with van der Waals surface area (Å²) in [6.07, 6.45) is 0.931. The van der Waals surface area contributed by atoms with Gasteiger partial charge in [0.2, 0.25) is 0 Å². The molecule has 1 heterocycles. The molecular formula is C18H17BrO.